The van der Waals surface area contributed by atoms with Crippen LogP contribution in [0.3, 0.4) is 0 Å². The summed E-state index contributed by atoms with van der Waals surface area (Å²) in [6.45, 7) is 0.453. The van der Waals surface area contributed by atoms with E-state index in [4.69, 9.17) is 19.2 Å². The van der Waals surface area contributed by atoms with Gasteiger partial charge in [-0.1, -0.05) is 65.9 Å². The van der Waals surface area contributed by atoms with E-state index in [0.29, 0.717) is 40.8 Å². The summed E-state index contributed by atoms with van der Waals surface area (Å²) in [5, 5.41) is 8.45. The lowest BCUT2D eigenvalue weighted by atomic mass is 10.0. The molecule has 3 heterocycles. The van der Waals surface area contributed by atoms with Gasteiger partial charge < -0.3 is 14.2 Å². The highest BCUT2D eigenvalue weighted by atomic mass is 16.5. The number of ether oxygens (including phenoxy) is 3. The Morgan fingerprint density at radius 1 is 0.780 bits per heavy atom. The van der Waals surface area contributed by atoms with Crippen LogP contribution in [-0.2, 0) is 6.54 Å². The molecule has 0 amide bonds. The van der Waals surface area contributed by atoms with Gasteiger partial charge in [0, 0.05) is 11.8 Å². The second-order valence-electron chi connectivity index (χ2n) is 9.35. The zero-order chi connectivity index (χ0) is 28.3. The van der Waals surface area contributed by atoms with Gasteiger partial charge in [-0.3, -0.25) is 9.20 Å². The fourth-order valence-electron chi connectivity index (χ4n) is 4.85. The van der Waals surface area contributed by atoms with Gasteiger partial charge in [0.05, 0.1) is 34.1 Å². The highest BCUT2D eigenvalue weighted by molar-refractivity contribution is 6.10. The van der Waals surface area contributed by atoms with Crippen LogP contribution >= 0.6 is 0 Å². The molecular weight excluding hydrogens is 518 g/mol. The SMILES string of the molecule is COc1cc(-c2ccc(Cn3cc(C(=O)c4c(-c5ccccc5)nc5ccccn45)nn3)cc2)cc(OC)c1OC. The van der Waals surface area contributed by atoms with E-state index < -0.39 is 0 Å². The van der Waals surface area contributed by atoms with Crippen molar-refractivity contribution in [1.29, 1.82) is 0 Å². The Kier molecular flexibility index (Phi) is 6.91. The largest absolute Gasteiger partial charge is 0.493 e. The van der Waals surface area contributed by atoms with Crippen LogP contribution in [0.25, 0.3) is 28.0 Å². The summed E-state index contributed by atoms with van der Waals surface area (Å²) in [7, 11) is 4.77. The van der Waals surface area contributed by atoms with Gasteiger partial charge in [0.2, 0.25) is 11.5 Å². The fraction of sp³-hybridized carbons (Fsp3) is 0.125. The molecule has 0 aliphatic carbocycles. The Hall–Kier alpha value is -5.44. The van der Waals surface area contributed by atoms with Crippen molar-refractivity contribution in [3.63, 3.8) is 0 Å². The molecule has 0 aliphatic rings. The number of nitrogens with zero attached hydrogens (tertiary/aromatic N) is 5. The third kappa shape index (κ3) is 4.89. The Balaban J connectivity index is 1.26. The van der Waals surface area contributed by atoms with Crippen LogP contribution in [0.15, 0.2) is 97.3 Å². The van der Waals surface area contributed by atoms with Crippen LogP contribution < -0.4 is 14.2 Å². The summed E-state index contributed by atoms with van der Waals surface area (Å²) in [5.41, 5.74) is 5.79. The van der Waals surface area contributed by atoms with E-state index in [1.54, 1.807) is 36.6 Å². The number of rotatable bonds is 9. The fourth-order valence-corrected chi connectivity index (χ4v) is 4.85. The first-order valence-corrected chi connectivity index (χ1v) is 13.0. The first-order chi connectivity index (χ1) is 20.1. The average molecular weight is 546 g/mol. The zero-order valence-electron chi connectivity index (χ0n) is 22.8. The lowest BCUT2D eigenvalue weighted by molar-refractivity contribution is 0.102. The van der Waals surface area contributed by atoms with E-state index in [1.165, 1.54) is 0 Å². The standard InChI is InChI=1S/C32H27N5O4/c1-39-26-17-24(18-27(40-2)32(26)41-3)22-14-12-21(13-15-22)19-36-20-25(34-35-36)31(38)30-29(23-9-5-4-6-10-23)33-28-11-7-8-16-37(28)30/h4-18,20H,19H2,1-3H3. The number of carbonyl (C=O) groups excluding carboxylic acids is 1. The number of methoxy groups -OCH3 is 3. The summed E-state index contributed by atoms with van der Waals surface area (Å²) >= 11 is 0. The minimum absolute atomic E-state index is 0.244. The molecule has 0 spiro atoms. The van der Waals surface area contributed by atoms with E-state index in [0.717, 1.165) is 22.3 Å². The van der Waals surface area contributed by atoms with Crippen molar-refractivity contribution in [2.75, 3.05) is 21.3 Å². The molecule has 0 bridgehead atoms. The Bertz CT molecular complexity index is 1820. The summed E-state index contributed by atoms with van der Waals surface area (Å²) in [6.07, 6.45) is 3.51. The number of benzene rings is 3. The molecule has 0 radical (unpaired) electrons. The molecular formula is C32H27N5O4. The van der Waals surface area contributed by atoms with Crippen molar-refractivity contribution in [3.8, 4) is 39.6 Å². The predicted molar refractivity (Wildman–Crippen MR) is 155 cm³/mol. The van der Waals surface area contributed by atoms with Gasteiger partial charge in [-0.2, -0.15) is 0 Å². The number of aromatic nitrogens is 5. The first kappa shape index (κ1) is 25.8. The number of imidazole rings is 1. The smallest absolute Gasteiger partial charge is 0.233 e. The molecule has 0 atom stereocenters. The van der Waals surface area contributed by atoms with Gasteiger partial charge in [-0.25, -0.2) is 9.67 Å². The molecule has 0 fully saturated rings. The van der Waals surface area contributed by atoms with Gasteiger partial charge >= 0.3 is 0 Å². The van der Waals surface area contributed by atoms with Crippen molar-refractivity contribution < 1.29 is 19.0 Å². The molecule has 9 nitrogen and oxygen atoms in total. The lowest BCUT2D eigenvalue weighted by Crippen LogP contribution is -2.07. The summed E-state index contributed by atoms with van der Waals surface area (Å²) in [5.74, 6) is 1.48. The van der Waals surface area contributed by atoms with Crippen molar-refractivity contribution in [2.45, 2.75) is 6.54 Å². The minimum atomic E-state index is -0.244. The van der Waals surface area contributed by atoms with Crippen molar-refractivity contribution >= 4 is 11.4 Å². The molecule has 0 saturated carbocycles. The molecule has 0 unspecified atom stereocenters. The molecule has 0 saturated heterocycles. The molecule has 0 N–H and O–H groups in total. The van der Waals surface area contributed by atoms with Gasteiger partial charge in [0.25, 0.3) is 0 Å². The molecule has 6 aromatic rings. The predicted octanol–water partition coefficient (Wildman–Crippen LogP) is 5.56. The third-order valence-corrected chi connectivity index (χ3v) is 6.86. The Labute approximate surface area is 236 Å². The van der Waals surface area contributed by atoms with Crippen molar-refractivity contribution in [2.24, 2.45) is 0 Å². The number of ketones is 1. The third-order valence-electron chi connectivity index (χ3n) is 6.86. The maximum Gasteiger partial charge on any atom is 0.233 e. The van der Waals surface area contributed by atoms with Gasteiger partial charge in [-0.05, 0) is 41.0 Å². The average Bonchev–Trinajstić information content (AvgIpc) is 3.66. The van der Waals surface area contributed by atoms with Crippen molar-refractivity contribution in [1.82, 2.24) is 24.4 Å². The van der Waals surface area contributed by atoms with E-state index >= 15 is 0 Å². The van der Waals surface area contributed by atoms with E-state index in [9.17, 15) is 4.79 Å². The van der Waals surface area contributed by atoms with Crippen LogP contribution in [0, 0.1) is 0 Å². The van der Waals surface area contributed by atoms with E-state index in [2.05, 4.69) is 10.3 Å². The van der Waals surface area contributed by atoms with Gasteiger partial charge in [0.15, 0.2) is 17.2 Å². The maximum absolute atomic E-state index is 13.7. The van der Waals surface area contributed by atoms with Crippen molar-refractivity contribution in [3.05, 3.63) is 114 Å². The van der Waals surface area contributed by atoms with Crippen LogP contribution in [-0.4, -0.2) is 51.5 Å². The zero-order valence-corrected chi connectivity index (χ0v) is 22.8. The second-order valence-corrected chi connectivity index (χ2v) is 9.35. The second kappa shape index (κ2) is 11.0. The highest BCUT2D eigenvalue weighted by Crippen LogP contribution is 2.41. The number of hydrogen-bond donors (Lipinski definition) is 0. The topological polar surface area (TPSA) is 92.8 Å². The van der Waals surface area contributed by atoms with Crippen LogP contribution in [0.5, 0.6) is 17.2 Å². The molecule has 9 heteroatoms. The van der Waals surface area contributed by atoms with Gasteiger partial charge in [0.1, 0.15) is 17.0 Å². The first-order valence-electron chi connectivity index (χ1n) is 13.0. The summed E-state index contributed by atoms with van der Waals surface area (Å²) in [4.78, 5) is 18.5. The number of fused-ring (bicyclic) bond motifs is 1. The number of carbonyl (C=O) groups is 1. The highest BCUT2D eigenvalue weighted by Gasteiger charge is 2.24. The van der Waals surface area contributed by atoms with Gasteiger partial charge in [-0.15, -0.1) is 5.10 Å². The summed E-state index contributed by atoms with van der Waals surface area (Å²) in [6, 6.07) is 27.2. The van der Waals surface area contributed by atoms with Crippen LogP contribution in [0.1, 0.15) is 21.7 Å². The maximum atomic E-state index is 13.7. The Morgan fingerprint density at radius 2 is 1.49 bits per heavy atom. The number of hydrogen-bond acceptors (Lipinski definition) is 7. The minimum Gasteiger partial charge on any atom is -0.493 e. The molecule has 0 aliphatic heterocycles. The summed E-state index contributed by atoms with van der Waals surface area (Å²) < 4.78 is 19.9. The Morgan fingerprint density at radius 3 is 2.17 bits per heavy atom. The van der Waals surface area contributed by atoms with Crippen LogP contribution in [0.4, 0.5) is 0 Å². The molecule has 41 heavy (non-hydrogen) atoms. The molecule has 3 aromatic carbocycles. The molecule has 6 rings (SSSR count). The van der Waals surface area contributed by atoms with Crippen LogP contribution in [0.2, 0.25) is 0 Å². The quantitative estimate of drug-likeness (QED) is 0.220. The molecule has 3 aromatic heterocycles. The monoisotopic (exact) mass is 545 g/mol. The normalized spacial score (nSPS) is 11.0. The number of pyridine rings is 1. The van der Waals surface area contributed by atoms with E-state index in [-0.39, 0.29) is 11.5 Å². The van der Waals surface area contributed by atoms with E-state index in [1.807, 2.05) is 91.1 Å². The lowest BCUT2D eigenvalue weighted by Gasteiger charge is -2.14. The molecule has 204 valence electrons.